The van der Waals surface area contributed by atoms with E-state index in [0.29, 0.717) is 0 Å². The molecule has 3 nitrogen and oxygen atoms in total. The van der Waals surface area contributed by atoms with Gasteiger partial charge in [-0.15, -0.1) is 0 Å². The first-order valence-electron chi connectivity index (χ1n) is 0.928. The van der Waals surface area contributed by atoms with Crippen molar-refractivity contribution in [2.24, 2.45) is 0 Å². The van der Waals surface area contributed by atoms with Crippen molar-refractivity contribution in [2.75, 3.05) is 0 Å². The van der Waals surface area contributed by atoms with Gasteiger partial charge in [-0.2, -0.15) is 0 Å². The summed E-state index contributed by atoms with van der Waals surface area (Å²) >= 11 is 0. The number of hydrogen-bond donors (Lipinski definition) is 1. The van der Waals surface area contributed by atoms with Crippen molar-refractivity contribution < 1.29 is 37.8 Å². The maximum atomic E-state index is 9.00. The quantitative estimate of drug-likeness (QED) is 0.487. The van der Waals surface area contributed by atoms with Crippen LogP contribution in [-0.2, 0) is 27.2 Å². The van der Waals surface area contributed by atoms with Crippen LogP contribution >= 0.6 is 0 Å². The van der Waals surface area contributed by atoms with E-state index in [4.69, 9.17) is 9.90 Å². The predicted octanol–water partition coefficient (Wildman–Crippen LogP) is -0.736. The fraction of sp³-hybridized carbons (Fsp3) is 0.500. The van der Waals surface area contributed by atoms with Crippen LogP contribution in [0.1, 0.15) is 6.92 Å². The summed E-state index contributed by atoms with van der Waals surface area (Å²) in [4.78, 5) is 9.00. The summed E-state index contributed by atoms with van der Waals surface area (Å²) in [6.07, 6.45) is 0. The third-order valence-electron chi connectivity index (χ3n) is 0. The maximum absolute atomic E-state index is 9.00. The number of rotatable bonds is 0. The Morgan fingerprint density at radius 2 is 1.67 bits per heavy atom. The van der Waals surface area contributed by atoms with E-state index in [0.717, 1.165) is 6.92 Å². The fourth-order valence-corrected chi connectivity index (χ4v) is 0. The molecule has 3 N–H and O–H groups in total. The minimum atomic E-state index is -0.833. The Hall–Kier alpha value is 0.170. The molecule has 0 aromatic rings. The van der Waals surface area contributed by atoms with Gasteiger partial charge in [-0.3, -0.25) is 4.79 Å². The van der Waals surface area contributed by atoms with Gasteiger partial charge in [-0.25, -0.2) is 0 Å². The number of carboxylic acid groups (broad SMARTS) is 1. The SMILES string of the molecule is CC(=O)O.O.[Nb]. The standard InChI is InChI=1S/C2H4O2.Nb.H2O/c1-2(3)4;;/h1H3,(H,3,4);;1H2. The van der Waals surface area contributed by atoms with E-state index in [1.807, 2.05) is 0 Å². The van der Waals surface area contributed by atoms with Crippen molar-refractivity contribution in [2.45, 2.75) is 6.92 Å². The first kappa shape index (κ1) is 16.4. The first-order chi connectivity index (χ1) is 1.73. The zero-order valence-corrected chi connectivity index (χ0v) is 5.50. The molecule has 0 amide bonds. The Morgan fingerprint density at radius 1 is 1.67 bits per heavy atom. The first-order valence-corrected chi connectivity index (χ1v) is 0.928. The summed E-state index contributed by atoms with van der Waals surface area (Å²) in [7, 11) is 0. The number of hydrogen-bond acceptors (Lipinski definition) is 1. The van der Waals surface area contributed by atoms with Gasteiger partial charge < -0.3 is 10.6 Å². The van der Waals surface area contributed by atoms with Crippen LogP contribution in [0.3, 0.4) is 0 Å². The average molecular weight is 171 g/mol. The molecule has 0 saturated heterocycles. The summed E-state index contributed by atoms with van der Waals surface area (Å²) in [5.74, 6) is -0.833. The average Bonchev–Trinajstić information content (AvgIpc) is 0.811. The normalized spacial score (nSPS) is 4.17. The second-order valence-corrected chi connectivity index (χ2v) is 0.519. The van der Waals surface area contributed by atoms with Crippen LogP contribution in [0.2, 0.25) is 0 Å². The van der Waals surface area contributed by atoms with Gasteiger partial charge in [0, 0.05) is 29.3 Å². The molecule has 0 bridgehead atoms. The van der Waals surface area contributed by atoms with Crippen LogP contribution in [0, 0.1) is 0 Å². The van der Waals surface area contributed by atoms with Crippen LogP contribution in [0.25, 0.3) is 0 Å². The van der Waals surface area contributed by atoms with E-state index in [9.17, 15) is 0 Å². The Balaban J connectivity index is -0.0000000450. The van der Waals surface area contributed by atoms with Gasteiger partial charge in [0.2, 0.25) is 0 Å². The Kier molecular flexibility index (Phi) is 24.5. The molecule has 0 aromatic heterocycles. The molecule has 37 valence electrons. The Labute approximate surface area is 51.2 Å². The second-order valence-electron chi connectivity index (χ2n) is 0.519. The third kappa shape index (κ3) is 1450. The van der Waals surface area contributed by atoms with Crippen molar-refractivity contribution in [3.05, 3.63) is 0 Å². The van der Waals surface area contributed by atoms with Gasteiger partial charge in [-0.05, 0) is 0 Å². The van der Waals surface area contributed by atoms with Gasteiger partial charge in [0.1, 0.15) is 0 Å². The van der Waals surface area contributed by atoms with Gasteiger partial charge in [0.05, 0.1) is 0 Å². The molecule has 0 aromatic carbocycles. The van der Waals surface area contributed by atoms with Crippen molar-refractivity contribution >= 4 is 5.97 Å². The summed E-state index contributed by atoms with van der Waals surface area (Å²) in [5, 5.41) is 7.42. The molecule has 1 radical (unpaired) electrons. The summed E-state index contributed by atoms with van der Waals surface area (Å²) in [6.45, 7) is 1.08. The van der Waals surface area contributed by atoms with Crippen LogP contribution in [-0.4, -0.2) is 16.6 Å². The van der Waals surface area contributed by atoms with E-state index < -0.39 is 5.97 Å². The van der Waals surface area contributed by atoms with Crippen LogP contribution in [0.4, 0.5) is 0 Å². The number of aliphatic carboxylic acids is 1. The fourth-order valence-electron chi connectivity index (χ4n) is 0. The van der Waals surface area contributed by atoms with E-state index in [1.165, 1.54) is 0 Å². The molecule has 6 heavy (non-hydrogen) atoms. The van der Waals surface area contributed by atoms with Crippen molar-refractivity contribution in [1.29, 1.82) is 0 Å². The van der Waals surface area contributed by atoms with Crippen LogP contribution in [0.15, 0.2) is 0 Å². The topological polar surface area (TPSA) is 68.8 Å². The third-order valence-corrected chi connectivity index (χ3v) is 0. The molecule has 0 unspecified atom stereocenters. The molecule has 0 aliphatic rings. The molecule has 4 heteroatoms. The van der Waals surface area contributed by atoms with E-state index in [2.05, 4.69) is 0 Å². The maximum Gasteiger partial charge on any atom is 0.300 e. The molecular weight excluding hydrogens is 165 g/mol. The zero-order chi connectivity index (χ0) is 3.58. The van der Waals surface area contributed by atoms with Gasteiger partial charge in [0.15, 0.2) is 0 Å². The minimum absolute atomic E-state index is 0. The summed E-state index contributed by atoms with van der Waals surface area (Å²) in [5.41, 5.74) is 0. The molecule has 0 saturated carbocycles. The van der Waals surface area contributed by atoms with Crippen molar-refractivity contribution in [3.8, 4) is 0 Å². The molecule has 0 aliphatic carbocycles. The Morgan fingerprint density at radius 3 is 1.67 bits per heavy atom. The molecular formula is C2H6NbO3. The number of carbonyl (C=O) groups is 1. The molecule has 0 fully saturated rings. The molecule has 0 spiro atoms. The van der Waals surface area contributed by atoms with Gasteiger partial charge >= 0.3 is 0 Å². The van der Waals surface area contributed by atoms with Gasteiger partial charge in [0.25, 0.3) is 5.97 Å². The largest absolute Gasteiger partial charge is 0.481 e. The minimum Gasteiger partial charge on any atom is -0.481 e. The van der Waals surface area contributed by atoms with Crippen LogP contribution < -0.4 is 0 Å². The van der Waals surface area contributed by atoms with Crippen LogP contribution in [0.5, 0.6) is 0 Å². The van der Waals surface area contributed by atoms with Crippen molar-refractivity contribution in [1.82, 2.24) is 0 Å². The monoisotopic (exact) mass is 171 g/mol. The van der Waals surface area contributed by atoms with E-state index >= 15 is 0 Å². The number of carboxylic acids is 1. The van der Waals surface area contributed by atoms with Crippen molar-refractivity contribution in [3.63, 3.8) is 0 Å². The summed E-state index contributed by atoms with van der Waals surface area (Å²) < 4.78 is 0. The zero-order valence-electron chi connectivity index (χ0n) is 3.30. The smallest absolute Gasteiger partial charge is 0.300 e. The predicted molar refractivity (Wildman–Crippen MR) is 16.9 cm³/mol. The molecule has 0 aliphatic heterocycles. The summed E-state index contributed by atoms with van der Waals surface area (Å²) in [6, 6.07) is 0. The Bertz CT molecular complexity index is 31.8. The molecule has 0 heterocycles. The molecule has 0 rings (SSSR count). The molecule has 0 atom stereocenters. The van der Waals surface area contributed by atoms with E-state index in [1.54, 1.807) is 0 Å². The second kappa shape index (κ2) is 8.95. The van der Waals surface area contributed by atoms with Gasteiger partial charge in [-0.1, -0.05) is 0 Å². The van der Waals surface area contributed by atoms with E-state index in [-0.39, 0.29) is 27.9 Å².